The Hall–Kier alpha value is -2.63. The molecule has 0 saturated carbocycles. The highest BCUT2D eigenvalue weighted by molar-refractivity contribution is 7.09. The monoisotopic (exact) mass is 479 g/mol. The molecule has 0 aromatic carbocycles. The molecule has 10 heteroatoms. The summed E-state index contributed by atoms with van der Waals surface area (Å²) in [4.78, 5) is 29.2. The highest BCUT2D eigenvalue weighted by atomic mass is 32.1. The standard InChI is InChI=1S/C23H29NO8S/c1-13(8-16-12-33-14(2)24-16)15-6-7-17(25)4-3-5-18(26)10-20(28)22(30)23(31,32)21(29)11-19(27)9-15/h3,5,7-8,10,12,15,20-21,25-26,28-29,31-32H,4,6,9,11H2,1-2H3/b5-3-,13-8-,17-7+,18-10+/t15-,20+,21-/m0/s1. The van der Waals surface area contributed by atoms with Gasteiger partial charge in [0, 0.05) is 24.6 Å². The Morgan fingerprint density at radius 1 is 1.21 bits per heavy atom. The number of hydrogen-bond acceptors (Lipinski definition) is 10. The summed E-state index contributed by atoms with van der Waals surface area (Å²) < 4.78 is 0. The summed E-state index contributed by atoms with van der Waals surface area (Å²) in [5.41, 5.74) is 1.51. The van der Waals surface area contributed by atoms with Gasteiger partial charge in [-0.15, -0.1) is 11.3 Å². The van der Waals surface area contributed by atoms with E-state index in [2.05, 4.69) is 4.98 Å². The highest BCUT2D eigenvalue weighted by Gasteiger charge is 2.44. The van der Waals surface area contributed by atoms with Crippen molar-refractivity contribution in [2.75, 3.05) is 0 Å². The lowest BCUT2D eigenvalue weighted by molar-refractivity contribution is -0.224. The number of allylic oxidation sites excluding steroid dienone is 4. The van der Waals surface area contributed by atoms with Gasteiger partial charge in [-0.3, -0.25) is 9.59 Å². The number of ketones is 2. The fourth-order valence-corrected chi connectivity index (χ4v) is 3.85. The third-order valence-electron chi connectivity index (χ3n) is 5.23. The first kappa shape index (κ1) is 26.6. The van der Waals surface area contributed by atoms with Crippen LogP contribution in [0.5, 0.6) is 0 Å². The first-order valence-corrected chi connectivity index (χ1v) is 11.2. The lowest BCUT2D eigenvalue weighted by Gasteiger charge is -2.27. The summed E-state index contributed by atoms with van der Waals surface area (Å²) in [5.74, 6) is -6.52. The molecule has 2 rings (SSSR count). The molecule has 1 aromatic rings. The largest absolute Gasteiger partial charge is 0.512 e. The third kappa shape index (κ3) is 7.72. The normalized spacial score (nSPS) is 30.2. The number of aryl methyl sites for hydroxylation is 1. The number of rotatable bonds is 2. The number of aromatic nitrogens is 1. The quantitative estimate of drug-likeness (QED) is 0.348. The van der Waals surface area contributed by atoms with Crippen molar-refractivity contribution in [1.82, 2.24) is 4.98 Å². The predicted molar refractivity (Wildman–Crippen MR) is 122 cm³/mol. The van der Waals surface area contributed by atoms with E-state index in [9.17, 15) is 40.2 Å². The Morgan fingerprint density at radius 2 is 1.91 bits per heavy atom. The number of hydrogen-bond donors (Lipinski definition) is 6. The van der Waals surface area contributed by atoms with Crippen molar-refractivity contribution in [3.8, 4) is 0 Å². The third-order valence-corrected chi connectivity index (χ3v) is 6.02. The Morgan fingerprint density at radius 3 is 2.55 bits per heavy atom. The zero-order chi connectivity index (χ0) is 24.8. The van der Waals surface area contributed by atoms with Crippen LogP contribution in [0.15, 0.2) is 46.8 Å². The molecule has 6 N–H and O–H groups in total. The molecular formula is C23H29NO8S. The van der Waals surface area contributed by atoms with Crippen molar-refractivity contribution < 1.29 is 40.2 Å². The van der Waals surface area contributed by atoms with Gasteiger partial charge < -0.3 is 30.6 Å². The van der Waals surface area contributed by atoms with E-state index in [0.29, 0.717) is 6.08 Å². The summed E-state index contributed by atoms with van der Waals surface area (Å²) in [5, 5.41) is 62.8. The molecule has 1 heterocycles. The van der Waals surface area contributed by atoms with E-state index in [-0.39, 0.29) is 25.0 Å². The molecule has 0 radical (unpaired) electrons. The van der Waals surface area contributed by atoms with Crippen LogP contribution in [0.25, 0.3) is 6.08 Å². The maximum atomic E-state index is 12.6. The first-order chi connectivity index (χ1) is 15.4. The smallest absolute Gasteiger partial charge is 0.254 e. The van der Waals surface area contributed by atoms with E-state index in [1.807, 2.05) is 18.4 Å². The van der Waals surface area contributed by atoms with Crippen LogP contribution in [0, 0.1) is 12.8 Å². The number of thiazole rings is 1. The topological polar surface area (TPSA) is 168 Å². The molecule has 1 aliphatic rings. The van der Waals surface area contributed by atoms with Crippen LogP contribution >= 0.6 is 11.3 Å². The van der Waals surface area contributed by atoms with Gasteiger partial charge in [-0.05, 0) is 50.5 Å². The van der Waals surface area contributed by atoms with Crippen molar-refractivity contribution in [1.29, 1.82) is 0 Å². The molecule has 0 unspecified atom stereocenters. The number of carbonyl (C=O) groups is 2. The molecule has 180 valence electrons. The summed E-state index contributed by atoms with van der Waals surface area (Å²) >= 11 is 1.47. The van der Waals surface area contributed by atoms with E-state index in [1.54, 1.807) is 6.92 Å². The summed E-state index contributed by atoms with van der Waals surface area (Å²) in [6.07, 6.45) is 1.61. The SMILES string of the molecule is C/C(=C/c1csc(C)n1)[C@H]1C/C=C(/O)C/C=C\C(O)=C/[C@@H](O)C(=O)C(O)(O)[C@@H](O)CC(=O)C1. The number of Topliss-reactive ketones (excluding diaryl/α,β-unsaturated/α-hetero) is 2. The lowest BCUT2D eigenvalue weighted by atomic mass is 9.87. The van der Waals surface area contributed by atoms with Crippen molar-refractivity contribution in [2.45, 2.75) is 57.5 Å². The molecule has 0 bridgehead atoms. The maximum Gasteiger partial charge on any atom is 0.254 e. The maximum absolute atomic E-state index is 12.6. The first-order valence-electron chi connectivity index (χ1n) is 10.3. The number of aliphatic hydroxyl groups excluding tert-OH is 4. The van der Waals surface area contributed by atoms with Crippen molar-refractivity contribution >= 4 is 29.0 Å². The molecule has 0 spiro atoms. The van der Waals surface area contributed by atoms with Crippen LogP contribution in [-0.2, 0) is 9.59 Å². The summed E-state index contributed by atoms with van der Waals surface area (Å²) in [7, 11) is 0. The molecule has 0 amide bonds. The van der Waals surface area contributed by atoms with Gasteiger partial charge in [0.25, 0.3) is 5.79 Å². The Balaban J connectivity index is 2.37. The van der Waals surface area contributed by atoms with Gasteiger partial charge in [-0.25, -0.2) is 4.98 Å². The van der Waals surface area contributed by atoms with E-state index in [4.69, 9.17) is 0 Å². The lowest BCUT2D eigenvalue weighted by Crippen LogP contribution is -2.54. The Bertz CT molecular complexity index is 988. The second-order valence-corrected chi connectivity index (χ2v) is 9.07. The van der Waals surface area contributed by atoms with Crippen molar-refractivity contribution in [2.24, 2.45) is 5.92 Å². The molecule has 0 fully saturated rings. The van der Waals surface area contributed by atoms with Gasteiger partial charge in [0.1, 0.15) is 23.8 Å². The van der Waals surface area contributed by atoms with Gasteiger partial charge in [-0.1, -0.05) is 11.6 Å². The van der Waals surface area contributed by atoms with Crippen molar-refractivity contribution in [3.05, 3.63) is 57.5 Å². The van der Waals surface area contributed by atoms with E-state index in [0.717, 1.165) is 22.4 Å². The number of nitrogens with zero attached hydrogens (tertiary/aromatic N) is 1. The molecule has 33 heavy (non-hydrogen) atoms. The van der Waals surface area contributed by atoms with Gasteiger partial charge in [0.15, 0.2) is 0 Å². The summed E-state index contributed by atoms with van der Waals surface area (Å²) in [6, 6.07) is 0. The molecule has 3 atom stereocenters. The molecule has 0 aliphatic heterocycles. The van der Waals surface area contributed by atoms with Gasteiger partial charge in [0.2, 0.25) is 5.78 Å². The summed E-state index contributed by atoms with van der Waals surface area (Å²) in [6.45, 7) is 3.67. The van der Waals surface area contributed by atoms with Gasteiger partial charge in [-0.2, -0.15) is 0 Å². The minimum atomic E-state index is -3.40. The zero-order valence-electron chi connectivity index (χ0n) is 18.4. The predicted octanol–water partition coefficient (Wildman–Crippen LogP) is 2.03. The fourth-order valence-electron chi connectivity index (χ4n) is 3.28. The highest BCUT2D eigenvalue weighted by Crippen LogP contribution is 2.26. The second-order valence-electron chi connectivity index (χ2n) is 8.00. The zero-order valence-corrected chi connectivity index (χ0v) is 19.2. The van der Waals surface area contributed by atoms with Crippen LogP contribution in [0.1, 0.15) is 43.3 Å². The molecule has 0 saturated heterocycles. The minimum Gasteiger partial charge on any atom is -0.512 e. The van der Waals surface area contributed by atoms with E-state index in [1.165, 1.54) is 23.5 Å². The number of carbonyl (C=O) groups excluding carboxylic acids is 2. The van der Waals surface area contributed by atoms with Crippen LogP contribution in [0.3, 0.4) is 0 Å². The fraction of sp³-hybridized carbons (Fsp3) is 0.435. The number of aliphatic hydroxyl groups is 6. The van der Waals surface area contributed by atoms with E-state index < -0.39 is 47.7 Å². The van der Waals surface area contributed by atoms with Crippen LogP contribution in [0.2, 0.25) is 0 Å². The second kappa shape index (κ2) is 11.5. The molecule has 9 nitrogen and oxygen atoms in total. The van der Waals surface area contributed by atoms with Gasteiger partial charge >= 0.3 is 0 Å². The Kier molecular flexibility index (Phi) is 9.26. The van der Waals surface area contributed by atoms with Gasteiger partial charge in [0.05, 0.1) is 16.5 Å². The molecule has 1 aliphatic carbocycles. The van der Waals surface area contributed by atoms with Crippen LogP contribution in [0.4, 0.5) is 0 Å². The average molecular weight is 480 g/mol. The minimum absolute atomic E-state index is 0.0118. The molecule has 1 aromatic heterocycles. The van der Waals surface area contributed by atoms with Crippen molar-refractivity contribution in [3.63, 3.8) is 0 Å². The average Bonchev–Trinajstić information content (AvgIpc) is 3.13. The van der Waals surface area contributed by atoms with Crippen LogP contribution < -0.4 is 0 Å². The molecular weight excluding hydrogens is 450 g/mol. The van der Waals surface area contributed by atoms with Crippen LogP contribution in [-0.4, -0.2) is 65.2 Å². The van der Waals surface area contributed by atoms with E-state index >= 15 is 0 Å². The Labute approximate surface area is 195 Å².